The van der Waals surface area contributed by atoms with Crippen LogP contribution in [0.2, 0.25) is 0 Å². The second-order valence-electron chi connectivity index (χ2n) is 6.51. The second kappa shape index (κ2) is 5.62. The van der Waals surface area contributed by atoms with Crippen LogP contribution in [-0.2, 0) is 4.79 Å². The van der Waals surface area contributed by atoms with Crippen molar-refractivity contribution < 1.29 is 14.7 Å². The maximum Gasteiger partial charge on any atom is 0.326 e. The van der Waals surface area contributed by atoms with Gasteiger partial charge in [0.2, 0.25) is 0 Å². The fourth-order valence-corrected chi connectivity index (χ4v) is 4.21. The van der Waals surface area contributed by atoms with Gasteiger partial charge in [-0.25, -0.2) is 9.59 Å². The largest absolute Gasteiger partial charge is 0.480 e. The number of hydrogen-bond acceptors (Lipinski definition) is 2. The zero-order chi connectivity index (χ0) is 14.1. The average molecular weight is 280 g/mol. The first-order valence-corrected chi connectivity index (χ1v) is 7.95. The van der Waals surface area contributed by atoms with E-state index in [2.05, 4.69) is 0 Å². The fraction of sp³-hybridized carbons (Fsp3) is 0.867. The van der Waals surface area contributed by atoms with Gasteiger partial charge in [-0.15, -0.1) is 0 Å². The Morgan fingerprint density at radius 3 is 2.40 bits per heavy atom. The Labute approximate surface area is 119 Å². The third kappa shape index (κ3) is 2.50. The molecule has 0 aromatic rings. The molecule has 20 heavy (non-hydrogen) atoms. The molecule has 2 saturated heterocycles. The maximum atomic E-state index is 12.6. The van der Waals surface area contributed by atoms with E-state index >= 15 is 0 Å². The fourth-order valence-electron chi connectivity index (χ4n) is 4.21. The molecule has 112 valence electrons. The van der Waals surface area contributed by atoms with Crippen LogP contribution in [0.25, 0.3) is 0 Å². The van der Waals surface area contributed by atoms with Crippen LogP contribution in [0.1, 0.15) is 44.9 Å². The average Bonchev–Trinajstić information content (AvgIpc) is 2.95. The van der Waals surface area contributed by atoms with Crippen molar-refractivity contribution in [2.24, 2.45) is 11.8 Å². The summed E-state index contributed by atoms with van der Waals surface area (Å²) < 4.78 is 0. The molecule has 2 aliphatic heterocycles. The van der Waals surface area contributed by atoms with E-state index < -0.39 is 12.0 Å². The van der Waals surface area contributed by atoms with E-state index in [1.807, 2.05) is 4.90 Å². The van der Waals surface area contributed by atoms with E-state index in [1.54, 1.807) is 4.90 Å². The van der Waals surface area contributed by atoms with Crippen molar-refractivity contribution in [3.63, 3.8) is 0 Å². The molecular formula is C15H24N2O3. The number of hydrogen-bond donors (Lipinski definition) is 1. The van der Waals surface area contributed by atoms with Crippen LogP contribution in [0, 0.1) is 11.8 Å². The molecule has 1 N–H and O–H groups in total. The third-order valence-electron chi connectivity index (χ3n) is 5.35. The number of carbonyl (C=O) groups is 2. The van der Waals surface area contributed by atoms with Crippen LogP contribution >= 0.6 is 0 Å². The zero-order valence-corrected chi connectivity index (χ0v) is 12.0. The lowest BCUT2D eigenvalue weighted by Gasteiger charge is -2.42. The Balaban J connectivity index is 1.64. The summed E-state index contributed by atoms with van der Waals surface area (Å²) in [6.07, 6.45) is 7.67. The van der Waals surface area contributed by atoms with Crippen molar-refractivity contribution in [2.45, 2.75) is 51.0 Å². The number of rotatable bonds is 1. The maximum absolute atomic E-state index is 12.6. The lowest BCUT2D eigenvalue weighted by Crippen LogP contribution is -2.52. The molecular weight excluding hydrogens is 256 g/mol. The quantitative estimate of drug-likeness (QED) is 0.800. The van der Waals surface area contributed by atoms with Crippen molar-refractivity contribution in [1.29, 1.82) is 0 Å². The van der Waals surface area contributed by atoms with Gasteiger partial charge in [-0.1, -0.05) is 19.3 Å². The van der Waals surface area contributed by atoms with Gasteiger partial charge in [-0.2, -0.15) is 0 Å². The highest BCUT2D eigenvalue weighted by molar-refractivity contribution is 5.83. The normalized spacial score (nSPS) is 33.9. The zero-order valence-electron chi connectivity index (χ0n) is 12.0. The van der Waals surface area contributed by atoms with Gasteiger partial charge in [0.05, 0.1) is 0 Å². The van der Waals surface area contributed by atoms with Crippen molar-refractivity contribution in [3.05, 3.63) is 0 Å². The molecule has 1 saturated carbocycles. The summed E-state index contributed by atoms with van der Waals surface area (Å²) in [7, 11) is 0. The van der Waals surface area contributed by atoms with Crippen LogP contribution in [0.3, 0.4) is 0 Å². The standard InChI is InChI=1S/C15H24N2O3/c18-14(19)13-6-3-8-17(13)15(20)16-9-7-11-4-1-2-5-12(11)10-16/h11-13H,1-10H2,(H,18,19)/t11?,12?,13-/m0/s1. The summed E-state index contributed by atoms with van der Waals surface area (Å²) in [6.45, 7) is 2.25. The van der Waals surface area contributed by atoms with E-state index in [9.17, 15) is 14.7 Å². The number of carboxylic acids is 1. The lowest BCUT2D eigenvalue weighted by atomic mass is 9.75. The summed E-state index contributed by atoms with van der Waals surface area (Å²) in [5.41, 5.74) is 0. The van der Waals surface area contributed by atoms with E-state index in [-0.39, 0.29) is 6.03 Å². The Morgan fingerprint density at radius 1 is 0.900 bits per heavy atom. The SMILES string of the molecule is O=C(O)[C@@H]1CCCN1C(=O)N1CCC2CCCCC2C1. The van der Waals surface area contributed by atoms with Crippen LogP contribution in [0.15, 0.2) is 0 Å². The molecule has 5 heteroatoms. The summed E-state index contributed by atoms with van der Waals surface area (Å²) in [5, 5.41) is 9.21. The number of aliphatic carboxylic acids is 1. The van der Waals surface area contributed by atoms with Gasteiger partial charge in [0.25, 0.3) is 0 Å². The minimum atomic E-state index is -0.858. The molecule has 1 aliphatic carbocycles. The van der Waals surface area contributed by atoms with Gasteiger partial charge in [0, 0.05) is 19.6 Å². The Kier molecular flexibility index (Phi) is 3.85. The van der Waals surface area contributed by atoms with Gasteiger partial charge < -0.3 is 14.9 Å². The van der Waals surface area contributed by atoms with Crippen LogP contribution in [0.4, 0.5) is 4.79 Å². The van der Waals surface area contributed by atoms with Crippen LogP contribution < -0.4 is 0 Å². The monoisotopic (exact) mass is 280 g/mol. The number of piperidine rings is 1. The smallest absolute Gasteiger partial charge is 0.326 e. The summed E-state index contributed by atoms with van der Waals surface area (Å²) in [5.74, 6) is 0.581. The first-order chi connectivity index (χ1) is 9.66. The van der Waals surface area contributed by atoms with E-state index in [4.69, 9.17) is 0 Å². The van der Waals surface area contributed by atoms with Crippen LogP contribution in [0.5, 0.6) is 0 Å². The highest BCUT2D eigenvalue weighted by Gasteiger charge is 2.39. The molecule has 3 aliphatic rings. The molecule has 0 aromatic heterocycles. The van der Waals surface area contributed by atoms with Gasteiger partial charge in [0.15, 0.2) is 0 Å². The molecule has 3 rings (SSSR count). The molecule has 0 spiro atoms. The first-order valence-electron chi connectivity index (χ1n) is 7.95. The van der Waals surface area contributed by atoms with Gasteiger partial charge in [0.1, 0.15) is 6.04 Å². The Bertz CT molecular complexity index is 399. The van der Waals surface area contributed by atoms with Crippen molar-refractivity contribution in [1.82, 2.24) is 9.80 Å². The molecule has 3 atom stereocenters. The van der Waals surface area contributed by atoms with Gasteiger partial charge in [-0.05, 0) is 37.5 Å². The van der Waals surface area contributed by atoms with Gasteiger partial charge in [-0.3, -0.25) is 0 Å². The third-order valence-corrected chi connectivity index (χ3v) is 5.35. The van der Waals surface area contributed by atoms with Gasteiger partial charge >= 0.3 is 12.0 Å². The Hall–Kier alpha value is -1.26. The minimum absolute atomic E-state index is 0.0427. The van der Waals surface area contributed by atoms with E-state index in [1.165, 1.54) is 25.7 Å². The topological polar surface area (TPSA) is 60.9 Å². The predicted octanol–water partition coefficient (Wildman–Crippen LogP) is 2.17. The van der Waals surface area contributed by atoms with Crippen molar-refractivity contribution >= 4 is 12.0 Å². The van der Waals surface area contributed by atoms with E-state index in [0.717, 1.165) is 31.8 Å². The minimum Gasteiger partial charge on any atom is -0.480 e. The number of urea groups is 1. The number of carboxylic acid groups (broad SMARTS) is 1. The molecule has 0 radical (unpaired) electrons. The van der Waals surface area contributed by atoms with Crippen molar-refractivity contribution in [2.75, 3.05) is 19.6 Å². The highest BCUT2D eigenvalue weighted by atomic mass is 16.4. The predicted molar refractivity (Wildman–Crippen MR) is 74.4 cm³/mol. The Morgan fingerprint density at radius 2 is 1.65 bits per heavy atom. The number of carbonyl (C=O) groups excluding carboxylic acids is 1. The molecule has 0 aromatic carbocycles. The van der Waals surface area contributed by atoms with Crippen molar-refractivity contribution in [3.8, 4) is 0 Å². The molecule has 3 fully saturated rings. The number of likely N-dealkylation sites (tertiary alicyclic amines) is 2. The lowest BCUT2D eigenvalue weighted by molar-refractivity contribution is -0.141. The molecule has 2 heterocycles. The number of fused-ring (bicyclic) bond motifs is 1. The summed E-state index contributed by atoms with van der Waals surface area (Å²) in [4.78, 5) is 27.3. The van der Waals surface area contributed by atoms with E-state index in [0.29, 0.717) is 18.9 Å². The number of amides is 2. The molecule has 5 nitrogen and oxygen atoms in total. The first kappa shape index (κ1) is 13.7. The summed E-state index contributed by atoms with van der Waals surface area (Å²) >= 11 is 0. The number of nitrogens with zero attached hydrogens (tertiary/aromatic N) is 2. The highest BCUT2D eigenvalue weighted by Crippen LogP contribution is 2.36. The molecule has 2 unspecified atom stereocenters. The second-order valence-corrected chi connectivity index (χ2v) is 6.51. The molecule has 0 bridgehead atoms. The molecule has 2 amide bonds. The summed E-state index contributed by atoms with van der Waals surface area (Å²) in [6, 6.07) is -0.648. The van der Waals surface area contributed by atoms with Crippen LogP contribution in [-0.4, -0.2) is 52.6 Å².